The highest BCUT2D eigenvalue weighted by atomic mass is 32.2. The number of rotatable bonds is 5. The highest BCUT2D eigenvalue weighted by Gasteiger charge is 2.32. The molecular formula is C13H17N5OS2. The summed E-state index contributed by atoms with van der Waals surface area (Å²) < 4.78 is 0. The summed E-state index contributed by atoms with van der Waals surface area (Å²) in [5.41, 5.74) is 0.362. The number of carbonyl (C=O) groups is 1. The Balaban J connectivity index is 2.20. The van der Waals surface area contributed by atoms with Gasteiger partial charge in [-0.25, -0.2) is 9.97 Å². The smallest absolute Gasteiger partial charge is 0.235 e. The van der Waals surface area contributed by atoms with Crippen LogP contribution >= 0.6 is 23.1 Å². The second-order valence-electron chi connectivity index (χ2n) is 5.20. The van der Waals surface area contributed by atoms with Crippen molar-refractivity contribution >= 4 is 34.1 Å². The second-order valence-corrected chi connectivity index (χ2v) is 7.02. The van der Waals surface area contributed by atoms with Gasteiger partial charge in [-0.05, 0) is 6.26 Å². The molecule has 6 nitrogen and oxygen atoms in total. The van der Waals surface area contributed by atoms with Crippen molar-refractivity contribution < 1.29 is 4.79 Å². The van der Waals surface area contributed by atoms with E-state index in [1.165, 1.54) is 17.7 Å². The second kappa shape index (κ2) is 6.48. The van der Waals surface area contributed by atoms with Gasteiger partial charge in [-0.2, -0.15) is 11.8 Å². The van der Waals surface area contributed by atoms with Crippen molar-refractivity contribution in [2.75, 3.05) is 24.0 Å². The number of hydrogen-bond donors (Lipinski definition) is 0. The molecule has 0 aliphatic rings. The molecule has 0 unspecified atom stereocenters. The zero-order valence-electron chi connectivity index (χ0n) is 12.4. The highest BCUT2D eigenvalue weighted by molar-refractivity contribution is 7.98. The fourth-order valence-corrected chi connectivity index (χ4v) is 3.47. The van der Waals surface area contributed by atoms with Crippen molar-refractivity contribution in [1.82, 2.24) is 20.2 Å². The zero-order chi connectivity index (χ0) is 15.5. The van der Waals surface area contributed by atoms with Gasteiger partial charge >= 0.3 is 0 Å². The van der Waals surface area contributed by atoms with E-state index < -0.39 is 5.41 Å². The minimum Gasteiger partial charge on any atom is -0.289 e. The number of aromatic nitrogens is 4. The SMILES string of the molecule is CSCC(C)(C)C(=O)N(C)c1nnc(-c2cncnc2)s1. The molecule has 112 valence electrons. The zero-order valence-corrected chi connectivity index (χ0v) is 14.0. The third kappa shape index (κ3) is 3.56. The van der Waals surface area contributed by atoms with E-state index in [0.29, 0.717) is 10.1 Å². The molecule has 2 aromatic rings. The van der Waals surface area contributed by atoms with Crippen LogP contribution in [0, 0.1) is 5.41 Å². The minimum absolute atomic E-state index is 0.0314. The highest BCUT2D eigenvalue weighted by Crippen LogP contribution is 2.30. The summed E-state index contributed by atoms with van der Waals surface area (Å²) in [5.74, 6) is 0.790. The quantitative estimate of drug-likeness (QED) is 0.841. The van der Waals surface area contributed by atoms with Crippen molar-refractivity contribution in [2.45, 2.75) is 13.8 Å². The van der Waals surface area contributed by atoms with Gasteiger partial charge in [0.15, 0.2) is 5.01 Å². The van der Waals surface area contributed by atoms with Crippen molar-refractivity contribution in [2.24, 2.45) is 5.41 Å². The molecule has 2 heterocycles. The number of anilines is 1. The van der Waals surface area contributed by atoms with Gasteiger partial charge in [0, 0.05) is 30.8 Å². The van der Waals surface area contributed by atoms with Crippen LogP contribution < -0.4 is 4.90 Å². The largest absolute Gasteiger partial charge is 0.289 e. The molecule has 0 spiro atoms. The van der Waals surface area contributed by atoms with E-state index in [4.69, 9.17) is 0 Å². The first-order valence-electron chi connectivity index (χ1n) is 6.31. The maximum absolute atomic E-state index is 12.5. The van der Waals surface area contributed by atoms with Crippen LogP contribution in [0.3, 0.4) is 0 Å². The molecule has 0 saturated heterocycles. The molecule has 2 rings (SSSR count). The van der Waals surface area contributed by atoms with Crippen LogP contribution in [0.4, 0.5) is 5.13 Å². The molecular weight excluding hydrogens is 306 g/mol. The number of amides is 1. The summed E-state index contributed by atoms with van der Waals surface area (Å²) in [6, 6.07) is 0. The van der Waals surface area contributed by atoms with Gasteiger partial charge in [0.1, 0.15) is 6.33 Å². The Morgan fingerprint density at radius 1 is 1.33 bits per heavy atom. The van der Waals surface area contributed by atoms with E-state index in [9.17, 15) is 4.79 Å². The van der Waals surface area contributed by atoms with Crippen LogP contribution in [0.25, 0.3) is 10.6 Å². The van der Waals surface area contributed by atoms with E-state index in [1.54, 1.807) is 36.1 Å². The summed E-state index contributed by atoms with van der Waals surface area (Å²) in [5, 5.41) is 9.48. The molecule has 0 saturated carbocycles. The molecule has 0 aliphatic heterocycles. The van der Waals surface area contributed by atoms with Gasteiger partial charge in [-0.3, -0.25) is 9.69 Å². The average molecular weight is 323 g/mol. The predicted octanol–water partition coefficient (Wildman–Crippen LogP) is 2.35. The van der Waals surface area contributed by atoms with Gasteiger partial charge in [-0.1, -0.05) is 25.2 Å². The van der Waals surface area contributed by atoms with E-state index in [-0.39, 0.29) is 5.91 Å². The molecule has 0 atom stereocenters. The fraction of sp³-hybridized carbons (Fsp3) is 0.462. The van der Waals surface area contributed by atoms with Crippen molar-refractivity contribution in [1.29, 1.82) is 0 Å². The standard InChI is InChI=1S/C13H17N5OS2/c1-13(2,7-20-4)11(19)18(3)12-17-16-10(21-12)9-5-14-8-15-6-9/h5-6,8H,7H2,1-4H3. The number of hydrogen-bond acceptors (Lipinski definition) is 7. The first-order valence-corrected chi connectivity index (χ1v) is 8.52. The van der Waals surface area contributed by atoms with Crippen LogP contribution in [0.2, 0.25) is 0 Å². The van der Waals surface area contributed by atoms with E-state index in [0.717, 1.165) is 11.3 Å². The molecule has 1 amide bonds. The van der Waals surface area contributed by atoms with Crippen LogP contribution in [0.15, 0.2) is 18.7 Å². The molecule has 2 aromatic heterocycles. The topological polar surface area (TPSA) is 71.9 Å². The van der Waals surface area contributed by atoms with Crippen molar-refractivity contribution in [3.63, 3.8) is 0 Å². The summed E-state index contributed by atoms with van der Waals surface area (Å²) in [4.78, 5) is 22.0. The normalized spacial score (nSPS) is 11.4. The molecule has 21 heavy (non-hydrogen) atoms. The molecule has 0 N–H and O–H groups in total. The lowest BCUT2D eigenvalue weighted by Crippen LogP contribution is -2.40. The number of nitrogens with zero attached hydrogens (tertiary/aromatic N) is 5. The molecule has 0 bridgehead atoms. The Labute approximate surface area is 132 Å². The van der Waals surface area contributed by atoms with Crippen molar-refractivity contribution in [3.8, 4) is 10.6 Å². The molecule has 0 fully saturated rings. The van der Waals surface area contributed by atoms with Gasteiger partial charge < -0.3 is 0 Å². The maximum Gasteiger partial charge on any atom is 0.235 e. The van der Waals surface area contributed by atoms with Crippen LogP contribution in [-0.2, 0) is 4.79 Å². The Kier molecular flexibility index (Phi) is 4.89. The Hall–Kier alpha value is -1.54. The monoisotopic (exact) mass is 323 g/mol. The predicted molar refractivity (Wildman–Crippen MR) is 86.5 cm³/mol. The molecule has 0 radical (unpaired) electrons. The lowest BCUT2D eigenvalue weighted by atomic mass is 9.95. The van der Waals surface area contributed by atoms with Gasteiger partial charge in [-0.15, -0.1) is 10.2 Å². The van der Waals surface area contributed by atoms with E-state index in [2.05, 4.69) is 20.2 Å². The fourth-order valence-electron chi connectivity index (χ4n) is 1.84. The third-order valence-corrected chi connectivity index (χ3v) is 4.96. The van der Waals surface area contributed by atoms with Crippen LogP contribution in [-0.4, -0.2) is 45.1 Å². The van der Waals surface area contributed by atoms with Crippen molar-refractivity contribution in [3.05, 3.63) is 18.7 Å². The lowest BCUT2D eigenvalue weighted by Gasteiger charge is -2.26. The molecule has 8 heteroatoms. The molecule has 0 aromatic carbocycles. The Morgan fingerprint density at radius 3 is 2.62 bits per heavy atom. The van der Waals surface area contributed by atoms with E-state index >= 15 is 0 Å². The first kappa shape index (κ1) is 15.8. The Bertz CT molecular complexity index is 614. The summed E-state index contributed by atoms with van der Waals surface area (Å²) in [7, 11) is 1.73. The van der Waals surface area contributed by atoms with Crippen LogP contribution in [0.5, 0.6) is 0 Å². The average Bonchev–Trinajstić information content (AvgIpc) is 2.96. The Morgan fingerprint density at radius 2 is 2.00 bits per heavy atom. The van der Waals surface area contributed by atoms with Gasteiger partial charge in [0.2, 0.25) is 11.0 Å². The minimum atomic E-state index is -0.435. The third-order valence-electron chi connectivity index (χ3n) is 2.90. The van der Waals surface area contributed by atoms with Crippen LogP contribution in [0.1, 0.15) is 13.8 Å². The van der Waals surface area contributed by atoms with Gasteiger partial charge in [0.05, 0.1) is 5.41 Å². The summed E-state index contributed by atoms with van der Waals surface area (Å²) in [6.07, 6.45) is 6.81. The van der Waals surface area contributed by atoms with Gasteiger partial charge in [0.25, 0.3) is 0 Å². The summed E-state index contributed by atoms with van der Waals surface area (Å²) in [6.45, 7) is 3.88. The lowest BCUT2D eigenvalue weighted by molar-refractivity contribution is -0.125. The summed E-state index contributed by atoms with van der Waals surface area (Å²) >= 11 is 3.01. The molecule has 0 aliphatic carbocycles. The maximum atomic E-state index is 12.5. The number of thioether (sulfide) groups is 1. The first-order chi connectivity index (χ1) is 9.95. The number of carbonyl (C=O) groups excluding carboxylic acids is 1. The van der Waals surface area contributed by atoms with E-state index in [1.807, 2.05) is 20.1 Å².